The summed E-state index contributed by atoms with van der Waals surface area (Å²) in [7, 11) is 0. The Kier molecular flexibility index (Phi) is 20.8. The molecule has 0 saturated carbocycles. The molecule has 0 N–H and O–H groups in total. The second kappa shape index (κ2) is 26.5. The van der Waals surface area contributed by atoms with Crippen molar-refractivity contribution in [1.82, 2.24) is 4.98 Å². The number of nitrogens with zero attached hydrogens (tertiary/aromatic N) is 2. The van der Waals surface area contributed by atoms with E-state index in [9.17, 15) is 19.2 Å². The van der Waals surface area contributed by atoms with Gasteiger partial charge in [-0.25, -0.2) is 14.6 Å². The molecule has 1 aromatic heterocycles. The molecule has 1 heterocycles. The highest BCUT2D eigenvalue weighted by Gasteiger charge is 2.16. The number of hydrogen-bond donors (Lipinski definition) is 0. The maximum atomic E-state index is 13.4. The molecule has 316 valence electrons. The molecule has 0 aliphatic rings. The number of rotatable bonds is 28. The molecule has 0 aliphatic carbocycles. The highest BCUT2D eigenvalue weighted by atomic mass is 32.1. The van der Waals surface area contributed by atoms with Crippen LogP contribution in [0.5, 0.6) is 17.2 Å². The van der Waals surface area contributed by atoms with Crippen molar-refractivity contribution in [3.63, 3.8) is 0 Å². The van der Waals surface area contributed by atoms with Gasteiger partial charge in [0.15, 0.2) is 5.13 Å². The van der Waals surface area contributed by atoms with E-state index < -0.39 is 11.9 Å². The van der Waals surface area contributed by atoms with E-state index in [1.807, 2.05) is 37.4 Å². The third-order valence-corrected chi connectivity index (χ3v) is 10.3. The van der Waals surface area contributed by atoms with Crippen LogP contribution in [0, 0.1) is 0 Å². The molecule has 0 radical (unpaired) electrons. The second-order valence-electron chi connectivity index (χ2n) is 14.0. The Bertz CT molecular complexity index is 1920. The number of benzene rings is 3. The van der Waals surface area contributed by atoms with Gasteiger partial charge in [-0.1, -0.05) is 69.6 Å². The van der Waals surface area contributed by atoms with E-state index in [0.717, 1.165) is 92.2 Å². The lowest BCUT2D eigenvalue weighted by molar-refractivity contribution is -0.138. The molecule has 0 amide bonds. The van der Waals surface area contributed by atoms with Crippen molar-refractivity contribution in [2.24, 2.45) is 0 Å². The minimum absolute atomic E-state index is 0.118. The number of carbonyl (C=O) groups is 4. The van der Waals surface area contributed by atoms with E-state index in [4.69, 9.17) is 28.7 Å². The molecule has 0 atom stereocenters. The lowest BCUT2D eigenvalue weighted by Gasteiger charge is -2.17. The summed E-state index contributed by atoms with van der Waals surface area (Å²) in [5, 5.41) is 0.858. The van der Waals surface area contributed by atoms with Gasteiger partial charge in [-0.15, -0.1) is 0 Å². The van der Waals surface area contributed by atoms with Crippen LogP contribution >= 0.6 is 11.3 Å². The average molecular weight is 827 g/mol. The fourth-order valence-corrected chi connectivity index (χ4v) is 6.88. The van der Waals surface area contributed by atoms with E-state index in [1.54, 1.807) is 53.8 Å². The van der Waals surface area contributed by atoms with E-state index in [1.165, 1.54) is 0 Å². The van der Waals surface area contributed by atoms with Crippen molar-refractivity contribution < 1.29 is 42.9 Å². The summed E-state index contributed by atoms with van der Waals surface area (Å²) in [4.78, 5) is 56.5. The van der Waals surface area contributed by atoms with E-state index >= 15 is 0 Å². The number of carbonyl (C=O) groups excluding carboxylic acids is 4. The van der Waals surface area contributed by atoms with E-state index in [2.05, 4.69) is 24.5 Å². The van der Waals surface area contributed by atoms with Crippen LogP contribution in [0.15, 0.2) is 85.6 Å². The Balaban J connectivity index is 1.28. The summed E-state index contributed by atoms with van der Waals surface area (Å²) >= 11 is 1.61. The Morgan fingerprint density at radius 2 is 1.34 bits per heavy atom. The highest BCUT2D eigenvalue weighted by molar-refractivity contribution is 7.22. The zero-order valence-electron chi connectivity index (χ0n) is 34.5. The number of hydrogen-bond acceptors (Lipinski definition) is 12. The van der Waals surface area contributed by atoms with E-state index in [0.29, 0.717) is 60.9 Å². The molecule has 0 fully saturated rings. The molecule has 4 aromatic rings. The number of anilines is 1. The summed E-state index contributed by atoms with van der Waals surface area (Å²) in [5.41, 5.74) is 1.82. The molecular weight excluding hydrogens is 769 g/mol. The van der Waals surface area contributed by atoms with E-state index in [-0.39, 0.29) is 25.0 Å². The van der Waals surface area contributed by atoms with Crippen LogP contribution in [0.2, 0.25) is 0 Å². The smallest absolute Gasteiger partial charge is 0.338 e. The van der Waals surface area contributed by atoms with Gasteiger partial charge in [0.2, 0.25) is 0 Å². The number of fused-ring (bicyclic) bond motifs is 1. The fourth-order valence-electron chi connectivity index (χ4n) is 5.91. The maximum Gasteiger partial charge on any atom is 0.338 e. The highest BCUT2D eigenvalue weighted by Crippen LogP contribution is 2.30. The van der Waals surface area contributed by atoms with Crippen LogP contribution in [-0.2, 0) is 23.9 Å². The summed E-state index contributed by atoms with van der Waals surface area (Å²) in [6, 6.07) is 19.9. The zero-order chi connectivity index (χ0) is 42.1. The Morgan fingerprint density at radius 1 is 0.695 bits per heavy atom. The third-order valence-electron chi connectivity index (χ3n) is 9.21. The van der Waals surface area contributed by atoms with Gasteiger partial charge in [-0.2, -0.15) is 0 Å². The molecule has 11 nitrogen and oxygen atoms in total. The molecule has 0 bridgehead atoms. The van der Waals surface area contributed by atoms with Gasteiger partial charge >= 0.3 is 23.9 Å². The maximum absolute atomic E-state index is 13.4. The van der Waals surface area contributed by atoms with Crippen molar-refractivity contribution in [2.75, 3.05) is 31.3 Å². The minimum Gasteiger partial charge on any atom is -0.494 e. The van der Waals surface area contributed by atoms with Gasteiger partial charge < -0.3 is 28.6 Å². The quantitative estimate of drug-likeness (QED) is 0.0235. The van der Waals surface area contributed by atoms with Crippen LogP contribution in [0.1, 0.15) is 120 Å². The SMILES string of the molecule is C=CC(=O)OCCCCCCOc1ccc(OC(=O)CCCCOC(=O)c2ccc(OC(=O)CCCC)cc2/C=C/N(CCCCCC)c2nc3ccccc3s2)cc1. The zero-order valence-corrected chi connectivity index (χ0v) is 35.3. The normalized spacial score (nSPS) is 11.0. The van der Waals surface area contributed by atoms with Crippen molar-refractivity contribution in [3.05, 3.63) is 96.7 Å². The van der Waals surface area contributed by atoms with Crippen LogP contribution in [0.25, 0.3) is 16.3 Å². The summed E-state index contributed by atoms with van der Waals surface area (Å²) in [6.45, 7) is 9.39. The Labute approximate surface area is 352 Å². The first-order valence-electron chi connectivity index (χ1n) is 20.8. The Hall–Kier alpha value is -5.49. The largest absolute Gasteiger partial charge is 0.494 e. The number of para-hydroxylation sites is 1. The number of ether oxygens (including phenoxy) is 5. The first kappa shape index (κ1) is 46.2. The number of thiazole rings is 1. The predicted octanol–water partition coefficient (Wildman–Crippen LogP) is 11.1. The van der Waals surface area contributed by atoms with Crippen LogP contribution in [0.3, 0.4) is 0 Å². The molecule has 4 rings (SSSR count). The lowest BCUT2D eigenvalue weighted by atomic mass is 10.1. The average Bonchev–Trinajstić information content (AvgIpc) is 3.68. The lowest BCUT2D eigenvalue weighted by Crippen LogP contribution is -2.17. The fraction of sp³-hybridized carbons (Fsp3) is 0.426. The first-order chi connectivity index (χ1) is 28.8. The molecular formula is C47H58N2O9S. The van der Waals surface area contributed by atoms with Gasteiger partial charge in [0.05, 0.1) is 35.6 Å². The summed E-state index contributed by atoms with van der Waals surface area (Å²) in [6.07, 6.45) is 15.9. The molecule has 0 spiro atoms. The van der Waals surface area contributed by atoms with Crippen molar-refractivity contribution in [2.45, 2.75) is 104 Å². The first-order valence-corrected chi connectivity index (χ1v) is 21.7. The monoisotopic (exact) mass is 826 g/mol. The van der Waals surface area contributed by atoms with Crippen molar-refractivity contribution in [3.8, 4) is 17.2 Å². The molecule has 0 saturated heterocycles. The standard InChI is InChI=1S/C47H58N2O9S/c1-4-7-9-15-30-49(47-48-41-19-12-13-20-42(41)59-47)31-29-36-35-39(58-44(51)21-8-5-2)27-28-40(36)46(53)56-34-18-14-22-45(52)57-38-25-23-37(24-26-38)54-32-16-10-11-17-33-55-43(50)6-3/h6,12-13,19-20,23-29,31,35H,3-5,7-11,14-18,21-22,30,32-34H2,1-2H3/b31-29+. The molecule has 12 heteroatoms. The van der Waals surface area contributed by atoms with Crippen molar-refractivity contribution in [1.29, 1.82) is 0 Å². The summed E-state index contributed by atoms with van der Waals surface area (Å²) in [5.74, 6) is -0.166. The number of unbranched alkanes of at least 4 members (excludes halogenated alkanes) is 8. The minimum atomic E-state index is -0.514. The molecule has 59 heavy (non-hydrogen) atoms. The summed E-state index contributed by atoms with van der Waals surface area (Å²) < 4.78 is 28.6. The number of esters is 4. The number of aromatic nitrogens is 1. The van der Waals surface area contributed by atoms with Gasteiger partial charge in [-0.3, -0.25) is 9.59 Å². The van der Waals surface area contributed by atoms with Gasteiger partial charge in [-0.05, 0) is 118 Å². The van der Waals surface area contributed by atoms with Crippen LogP contribution in [0.4, 0.5) is 5.13 Å². The van der Waals surface area contributed by atoms with Gasteiger partial charge in [0.25, 0.3) is 0 Å². The topological polar surface area (TPSA) is 131 Å². The predicted molar refractivity (Wildman–Crippen MR) is 233 cm³/mol. The van der Waals surface area contributed by atoms with Gasteiger partial charge in [0.1, 0.15) is 17.2 Å². The molecule has 0 aliphatic heterocycles. The van der Waals surface area contributed by atoms with Crippen molar-refractivity contribution >= 4 is 56.6 Å². The molecule has 0 unspecified atom stereocenters. The molecule has 3 aromatic carbocycles. The Morgan fingerprint density at radius 3 is 2.08 bits per heavy atom. The second-order valence-corrected chi connectivity index (χ2v) is 15.0. The van der Waals surface area contributed by atoms with Gasteiger partial charge in [0, 0.05) is 31.7 Å². The van der Waals surface area contributed by atoms with Crippen LogP contribution in [-0.4, -0.2) is 55.2 Å². The third kappa shape index (κ3) is 17.1. The van der Waals surface area contributed by atoms with Crippen LogP contribution < -0.4 is 19.1 Å².